The summed E-state index contributed by atoms with van der Waals surface area (Å²) in [7, 11) is -1.13. The van der Waals surface area contributed by atoms with E-state index in [9.17, 15) is 0 Å². The van der Waals surface area contributed by atoms with Gasteiger partial charge in [0, 0.05) is 31.7 Å². The molecule has 5 heterocycles. The highest BCUT2D eigenvalue weighted by molar-refractivity contribution is 6.76. The molecule has 10 heteroatoms. The number of benzene rings is 1. The molecule has 5 aromatic rings. The third kappa shape index (κ3) is 4.58. The maximum absolute atomic E-state index is 6.48. The summed E-state index contributed by atoms with van der Waals surface area (Å²) in [5, 5.41) is 6.56. The second kappa shape index (κ2) is 9.54. The van der Waals surface area contributed by atoms with Gasteiger partial charge in [-0.2, -0.15) is 5.10 Å². The predicted molar refractivity (Wildman–Crippen MR) is 150 cm³/mol. The molecule has 0 aliphatic carbocycles. The zero-order valence-electron chi connectivity index (χ0n) is 21.9. The zero-order valence-corrected chi connectivity index (χ0v) is 23.6. The molecule has 37 heavy (non-hydrogen) atoms. The highest BCUT2D eigenvalue weighted by Gasteiger charge is 2.25. The minimum absolute atomic E-state index is 0.0562. The van der Waals surface area contributed by atoms with E-state index < -0.39 is 8.07 Å². The lowest BCUT2D eigenvalue weighted by Crippen LogP contribution is -2.22. The number of pyridine rings is 1. The third-order valence-corrected chi connectivity index (χ3v) is 9.06. The number of nitrogens with zero attached hydrogens (tertiary/aromatic N) is 6. The van der Waals surface area contributed by atoms with E-state index in [4.69, 9.17) is 31.2 Å². The molecule has 8 nitrogen and oxygen atoms in total. The van der Waals surface area contributed by atoms with Crippen molar-refractivity contribution in [1.82, 2.24) is 28.9 Å². The molecule has 194 valence electrons. The molecule has 4 aromatic heterocycles. The summed E-state index contributed by atoms with van der Waals surface area (Å²) in [6.45, 7) is 11.1. The first-order valence-corrected chi connectivity index (χ1v) is 17.1. The Morgan fingerprint density at radius 1 is 1.16 bits per heavy atom. The molecule has 1 fully saturated rings. The second-order valence-corrected chi connectivity index (χ2v) is 17.2. The van der Waals surface area contributed by atoms with Gasteiger partial charge < -0.3 is 14.0 Å². The molecule has 1 aliphatic heterocycles. The van der Waals surface area contributed by atoms with Gasteiger partial charge in [0.2, 0.25) is 0 Å². The van der Waals surface area contributed by atoms with Crippen LogP contribution >= 0.6 is 11.6 Å². The van der Waals surface area contributed by atoms with Gasteiger partial charge in [0.1, 0.15) is 12.2 Å². The molecule has 1 aliphatic rings. The highest BCUT2D eigenvalue weighted by atomic mass is 35.5. The number of ether oxygens (including phenoxy) is 2. The molecular weight excluding hydrogens is 504 g/mol. The van der Waals surface area contributed by atoms with E-state index >= 15 is 0 Å². The number of hydrogen-bond acceptors (Lipinski definition) is 5. The van der Waals surface area contributed by atoms with E-state index in [1.54, 1.807) is 0 Å². The number of aryl methyl sites for hydroxylation is 1. The summed E-state index contributed by atoms with van der Waals surface area (Å²) in [6, 6.07) is 9.26. The smallest absolute Gasteiger partial charge is 0.162 e. The number of aromatic nitrogens is 6. The lowest BCUT2D eigenvalue weighted by Gasteiger charge is -2.23. The summed E-state index contributed by atoms with van der Waals surface area (Å²) < 4.78 is 18.3. The summed E-state index contributed by atoms with van der Waals surface area (Å²) in [5.41, 5.74) is 6.59. The Morgan fingerprint density at radius 2 is 2.03 bits per heavy atom. The Kier molecular flexibility index (Phi) is 6.35. The fourth-order valence-corrected chi connectivity index (χ4v) is 6.04. The number of rotatable bonds is 7. The summed E-state index contributed by atoms with van der Waals surface area (Å²) in [6.07, 6.45) is 6.88. The lowest BCUT2D eigenvalue weighted by atomic mass is 10.2. The molecule has 0 saturated carbocycles. The molecule has 1 saturated heterocycles. The predicted octanol–water partition coefficient (Wildman–Crippen LogP) is 6.70. The van der Waals surface area contributed by atoms with Gasteiger partial charge >= 0.3 is 0 Å². The fraction of sp³-hybridized carbons (Fsp3) is 0.444. The highest BCUT2D eigenvalue weighted by Crippen LogP contribution is 2.37. The molecule has 1 atom stereocenters. The standard InChI is InChI=1S/C27H33ClN6O2Si/c1-18-22(14-21-27(31-18)32(16-29-21)17-35-11-12-37(2,3)4)33-23-13-19(28)8-9-20(23)26-24(33)15-30-34(26)25-7-5-6-10-36-25/h8-9,13-16,25H,5-7,10-12,17H2,1-4H3. The molecular formula is C27H33ClN6O2Si. The van der Waals surface area contributed by atoms with Gasteiger partial charge in [-0.05, 0) is 56.5 Å². The van der Waals surface area contributed by atoms with Gasteiger partial charge in [0.25, 0.3) is 0 Å². The van der Waals surface area contributed by atoms with Crippen LogP contribution in [0.1, 0.15) is 31.2 Å². The Bertz CT molecular complexity index is 1590. The Balaban J connectivity index is 1.43. The maximum Gasteiger partial charge on any atom is 0.162 e. The van der Waals surface area contributed by atoms with Crippen LogP contribution in [0.25, 0.3) is 38.8 Å². The van der Waals surface area contributed by atoms with Crippen LogP contribution in [0.15, 0.2) is 36.8 Å². The lowest BCUT2D eigenvalue weighted by molar-refractivity contribution is -0.0365. The molecule has 0 spiro atoms. The van der Waals surface area contributed by atoms with Gasteiger partial charge in [0.15, 0.2) is 11.9 Å². The van der Waals surface area contributed by atoms with Gasteiger partial charge in [-0.3, -0.25) is 4.57 Å². The monoisotopic (exact) mass is 536 g/mol. The van der Waals surface area contributed by atoms with E-state index in [0.717, 1.165) is 83.0 Å². The number of fused-ring (bicyclic) bond motifs is 4. The van der Waals surface area contributed by atoms with Crippen molar-refractivity contribution in [2.45, 2.75) is 64.8 Å². The van der Waals surface area contributed by atoms with Crippen molar-refractivity contribution in [3.05, 3.63) is 47.5 Å². The minimum Gasteiger partial charge on any atom is -0.361 e. The molecule has 0 radical (unpaired) electrons. The average Bonchev–Trinajstić information content (AvgIpc) is 3.54. The van der Waals surface area contributed by atoms with Crippen LogP contribution in [0.2, 0.25) is 30.7 Å². The van der Waals surface area contributed by atoms with Crippen molar-refractivity contribution < 1.29 is 9.47 Å². The van der Waals surface area contributed by atoms with E-state index in [2.05, 4.69) is 41.3 Å². The largest absolute Gasteiger partial charge is 0.361 e. The number of halogens is 1. The van der Waals surface area contributed by atoms with Gasteiger partial charge in [-0.25, -0.2) is 14.6 Å². The Hall–Kier alpha value is -2.72. The first kappa shape index (κ1) is 24.6. The van der Waals surface area contributed by atoms with Crippen LogP contribution in [0.4, 0.5) is 0 Å². The number of imidazole rings is 1. The average molecular weight is 537 g/mol. The van der Waals surface area contributed by atoms with Crippen LogP contribution < -0.4 is 0 Å². The maximum atomic E-state index is 6.48. The van der Waals surface area contributed by atoms with Crippen molar-refractivity contribution in [3.63, 3.8) is 0 Å². The van der Waals surface area contributed by atoms with Crippen molar-refractivity contribution in [2.75, 3.05) is 13.2 Å². The first-order chi connectivity index (χ1) is 17.8. The van der Waals surface area contributed by atoms with Crippen molar-refractivity contribution in [3.8, 4) is 5.69 Å². The van der Waals surface area contributed by atoms with Gasteiger partial charge in [0.05, 0.1) is 40.5 Å². The second-order valence-electron chi connectivity index (χ2n) is 11.1. The quantitative estimate of drug-likeness (QED) is 0.171. The van der Waals surface area contributed by atoms with E-state index in [0.29, 0.717) is 11.8 Å². The van der Waals surface area contributed by atoms with Gasteiger partial charge in [-0.15, -0.1) is 0 Å². The van der Waals surface area contributed by atoms with E-state index in [1.165, 1.54) is 0 Å². The van der Waals surface area contributed by atoms with E-state index in [-0.39, 0.29) is 6.23 Å². The topological polar surface area (TPSA) is 71.9 Å². The van der Waals surface area contributed by atoms with Crippen LogP contribution in [0.3, 0.4) is 0 Å². The van der Waals surface area contributed by atoms with Crippen LogP contribution in [-0.4, -0.2) is 50.2 Å². The molecule has 0 bridgehead atoms. The van der Waals surface area contributed by atoms with E-state index in [1.807, 2.05) is 40.8 Å². The molecule has 0 N–H and O–H groups in total. The molecule has 6 rings (SSSR count). The minimum atomic E-state index is -1.13. The molecule has 1 unspecified atom stereocenters. The van der Waals surface area contributed by atoms with Crippen molar-refractivity contribution in [2.24, 2.45) is 0 Å². The van der Waals surface area contributed by atoms with Gasteiger partial charge in [-0.1, -0.05) is 31.2 Å². The third-order valence-electron chi connectivity index (χ3n) is 7.12. The van der Waals surface area contributed by atoms with Crippen molar-refractivity contribution in [1.29, 1.82) is 0 Å². The van der Waals surface area contributed by atoms with Crippen LogP contribution in [-0.2, 0) is 16.2 Å². The van der Waals surface area contributed by atoms with Crippen molar-refractivity contribution >= 4 is 52.8 Å². The summed E-state index contributed by atoms with van der Waals surface area (Å²) in [5.74, 6) is 0. The number of hydrogen-bond donors (Lipinski definition) is 0. The molecule has 1 aromatic carbocycles. The van der Waals surface area contributed by atoms with Crippen LogP contribution in [0.5, 0.6) is 0 Å². The summed E-state index contributed by atoms with van der Waals surface area (Å²) in [4.78, 5) is 9.64. The molecule has 0 amide bonds. The zero-order chi connectivity index (χ0) is 25.7. The normalized spacial score (nSPS) is 16.9. The Labute approximate surface area is 222 Å². The Morgan fingerprint density at radius 3 is 2.81 bits per heavy atom. The fourth-order valence-electron chi connectivity index (χ4n) is 5.12. The first-order valence-electron chi connectivity index (χ1n) is 13.0. The SMILES string of the molecule is Cc1nc2c(cc1-n1c3cc(Cl)ccc3c3c1cnn3C1CCCCO1)ncn2COCC[Si](C)(C)C. The summed E-state index contributed by atoms with van der Waals surface area (Å²) >= 11 is 6.48. The van der Waals surface area contributed by atoms with Crippen LogP contribution in [0, 0.1) is 6.92 Å².